The number of hydrogen-bond acceptors (Lipinski definition) is 5. The van der Waals surface area contributed by atoms with Crippen molar-refractivity contribution in [3.63, 3.8) is 0 Å². The molecule has 0 aromatic heterocycles. The van der Waals surface area contributed by atoms with Gasteiger partial charge in [0, 0.05) is 5.56 Å². The van der Waals surface area contributed by atoms with Crippen molar-refractivity contribution >= 4 is 23.9 Å². The van der Waals surface area contributed by atoms with Crippen molar-refractivity contribution in [3.8, 4) is 11.5 Å². The lowest BCUT2D eigenvalue weighted by Crippen LogP contribution is -2.54. The Hall–Kier alpha value is -2.57. The van der Waals surface area contributed by atoms with E-state index in [1.807, 2.05) is 13.8 Å². The van der Waals surface area contributed by atoms with E-state index in [0.717, 1.165) is 4.90 Å². The van der Waals surface area contributed by atoms with Gasteiger partial charge < -0.3 is 14.6 Å². The molecule has 2 atom stereocenters. The minimum Gasteiger partial charge on any atom is -0.493 e. The van der Waals surface area contributed by atoms with Crippen molar-refractivity contribution in [3.05, 3.63) is 17.7 Å². The van der Waals surface area contributed by atoms with Crippen molar-refractivity contribution in [2.75, 3.05) is 12.0 Å². The van der Waals surface area contributed by atoms with Crippen LogP contribution in [0.1, 0.15) is 31.1 Å². The number of anilines is 1. The molecule has 23 heavy (non-hydrogen) atoms. The Labute approximate surface area is 133 Å². The van der Waals surface area contributed by atoms with Crippen molar-refractivity contribution in [1.29, 1.82) is 0 Å². The minimum absolute atomic E-state index is 0.158. The van der Waals surface area contributed by atoms with Gasteiger partial charge >= 0.3 is 5.97 Å². The van der Waals surface area contributed by atoms with Gasteiger partial charge in [0.25, 0.3) is 5.91 Å². The van der Waals surface area contributed by atoms with Crippen LogP contribution in [0.5, 0.6) is 11.5 Å². The standard InChI is InChI=1S/C16H19NO6/c1-8(2)13-15(19)17(9(3)16(20)21)11-5-10(7-18)6-12(22-4)14(11)23-13/h5-9,13H,1-4H3,(H,20,21). The van der Waals surface area contributed by atoms with E-state index in [2.05, 4.69) is 0 Å². The highest BCUT2D eigenvalue weighted by Crippen LogP contribution is 2.44. The number of aliphatic carboxylic acids is 1. The van der Waals surface area contributed by atoms with Crippen LogP contribution in [-0.2, 0) is 9.59 Å². The number of hydrogen-bond donors (Lipinski definition) is 1. The van der Waals surface area contributed by atoms with E-state index in [1.165, 1.54) is 26.2 Å². The fourth-order valence-corrected chi connectivity index (χ4v) is 2.49. The third-order valence-corrected chi connectivity index (χ3v) is 3.75. The largest absolute Gasteiger partial charge is 0.493 e. The first-order valence-electron chi connectivity index (χ1n) is 7.21. The zero-order chi connectivity index (χ0) is 17.3. The van der Waals surface area contributed by atoms with E-state index in [1.54, 1.807) is 0 Å². The summed E-state index contributed by atoms with van der Waals surface area (Å²) in [5.74, 6) is -1.21. The summed E-state index contributed by atoms with van der Waals surface area (Å²) in [6.07, 6.45) is -0.217. The molecule has 2 rings (SSSR count). The molecule has 1 aromatic carbocycles. The Morgan fingerprint density at radius 3 is 2.52 bits per heavy atom. The summed E-state index contributed by atoms with van der Waals surface area (Å²) in [6, 6.07) is 1.82. The van der Waals surface area contributed by atoms with Gasteiger partial charge in [0.05, 0.1) is 12.8 Å². The van der Waals surface area contributed by atoms with Crippen LogP contribution >= 0.6 is 0 Å². The molecule has 0 fully saturated rings. The van der Waals surface area contributed by atoms with Crippen molar-refractivity contribution in [2.45, 2.75) is 32.9 Å². The van der Waals surface area contributed by atoms with E-state index in [-0.39, 0.29) is 28.7 Å². The molecule has 0 radical (unpaired) electrons. The molecule has 1 amide bonds. The van der Waals surface area contributed by atoms with Crippen LogP contribution in [0.2, 0.25) is 0 Å². The third kappa shape index (κ3) is 2.86. The molecule has 1 aliphatic heterocycles. The molecule has 0 aliphatic carbocycles. The summed E-state index contributed by atoms with van der Waals surface area (Å²) < 4.78 is 11.0. The average molecular weight is 321 g/mol. The summed E-state index contributed by atoms with van der Waals surface area (Å²) in [7, 11) is 1.42. The molecular formula is C16H19NO6. The smallest absolute Gasteiger partial charge is 0.326 e. The summed E-state index contributed by atoms with van der Waals surface area (Å²) in [5, 5.41) is 9.32. The maximum absolute atomic E-state index is 12.7. The van der Waals surface area contributed by atoms with Crippen LogP contribution in [-0.4, -0.2) is 42.5 Å². The van der Waals surface area contributed by atoms with Crippen LogP contribution in [0.3, 0.4) is 0 Å². The molecule has 7 heteroatoms. The predicted octanol–water partition coefficient (Wildman–Crippen LogP) is 1.73. The lowest BCUT2D eigenvalue weighted by Gasteiger charge is -2.38. The second kappa shape index (κ2) is 6.28. The van der Waals surface area contributed by atoms with Crippen LogP contribution in [0.25, 0.3) is 0 Å². The maximum Gasteiger partial charge on any atom is 0.326 e. The number of carboxylic acids is 1. The molecule has 1 N–H and O–H groups in total. The molecule has 1 aromatic rings. The van der Waals surface area contributed by atoms with Gasteiger partial charge in [0.1, 0.15) is 12.3 Å². The number of carboxylic acid groups (broad SMARTS) is 1. The quantitative estimate of drug-likeness (QED) is 0.830. The fourth-order valence-electron chi connectivity index (χ4n) is 2.49. The number of rotatable bonds is 5. The lowest BCUT2D eigenvalue weighted by molar-refractivity contribution is -0.141. The van der Waals surface area contributed by atoms with Gasteiger partial charge in [-0.25, -0.2) is 4.79 Å². The molecule has 0 saturated carbocycles. The number of carbonyl (C=O) groups is 3. The first-order chi connectivity index (χ1) is 10.8. The summed E-state index contributed by atoms with van der Waals surface area (Å²) >= 11 is 0. The number of amides is 1. The number of carbonyl (C=O) groups excluding carboxylic acids is 2. The predicted molar refractivity (Wildman–Crippen MR) is 82.2 cm³/mol. The van der Waals surface area contributed by atoms with Gasteiger partial charge in [0.15, 0.2) is 17.6 Å². The third-order valence-electron chi connectivity index (χ3n) is 3.75. The normalized spacial score (nSPS) is 18.2. The van der Waals surface area contributed by atoms with Crippen molar-refractivity contribution < 1.29 is 29.0 Å². The monoisotopic (exact) mass is 321 g/mol. The van der Waals surface area contributed by atoms with Gasteiger partial charge in [-0.15, -0.1) is 0 Å². The molecule has 7 nitrogen and oxygen atoms in total. The number of benzene rings is 1. The molecule has 124 valence electrons. The van der Waals surface area contributed by atoms with Crippen LogP contribution in [0.15, 0.2) is 12.1 Å². The van der Waals surface area contributed by atoms with E-state index in [4.69, 9.17) is 9.47 Å². The second-order valence-electron chi connectivity index (χ2n) is 5.69. The van der Waals surface area contributed by atoms with E-state index in [0.29, 0.717) is 6.29 Å². The van der Waals surface area contributed by atoms with Gasteiger partial charge in [0.2, 0.25) is 0 Å². The van der Waals surface area contributed by atoms with Gasteiger partial charge in [-0.05, 0) is 25.0 Å². The first kappa shape index (κ1) is 16.8. The Morgan fingerprint density at radius 1 is 1.39 bits per heavy atom. The van der Waals surface area contributed by atoms with Gasteiger partial charge in [-0.3, -0.25) is 14.5 Å². The average Bonchev–Trinajstić information content (AvgIpc) is 2.51. The van der Waals surface area contributed by atoms with Crippen molar-refractivity contribution in [2.24, 2.45) is 5.92 Å². The Morgan fingerprint density at radius 2 is 2.04 bits per heavy atom. The zero-order valence-corrected chi connectivity index (χ0v) is 13.4. The highest BCUT2D eigenvalue weighted by molar-refractivity contribution is 6.05. The van der Waals surface area contributed by atoms with Crippen LogP contribution < -0.4 is 14.4 Å². The summed E-state index contributed by atoms with van der Waals surface area (Å²) in [6.45, 7) is 5.03. The number of fused-ring (bicyclic) bond motifs is 1. The highest BCUT2D eigenvalue weighted by atomic mass is 16.5. The molecule has 1 heterocycles. The van der Waals surface area contributed by atoms with E-state index in [9.17, 15) is 19.5 Å². The maximum atomic E-state index is 12.7. The Bertz CT molecular complexity index is 654. The molecule has 2 unspecified atom stereocenters. The lowest BCUT2D eigenvalue weighted by atomic mass is 10.0. The molecular weight excluding hydrogens is 302 g/mol. The first-order valence-corrected chi connectivity index (χ1v) is 7.21. The highest BCUT2D eigenvalue weighted by Gasteiger charge is 2.42. The molecule has 0 saturated heterocycles. The van der Waals surface area contributed by atoms with E-state index >= 15 is 0 Å². The number of nitrogens with zero attached hydrogens (tertiary/aromatic N) is 1. The zero-order valence-electron chi connectivity index (χ0n) is 13.4. The topological polar surface area (TPSA) is 93.1 Å². The Balaban J connectivity index is 2.69. The molecule has 0 bridgehead atoms. The minimum atomic E-state index is -1.15. The number of ether oxygens (including phenoxy) is 2. The SMILES string of the molecule is COc1cc(C=O)cc2c1OC(C(C)C)C(=O)N2C(C)C(=O)O. The molecule has 0 spiro atoms. The van der Waals surface area contributed by atoms with Crippen molar-refractivity contribution in [1.82, 2.24) is 0 Å². The van der Waals surface area contributed by atoms with E-state index < -0.39 is 24.0 Å². The van der Waals surface area contributed by atoms with Gasteiger partial charge in [-0.2, -0.15) is 0 Å². The summed E-state index contributed by atoms with van der Waals surface area (Å²) in [5.41, 5.74) is 0.492. The fraction of sp³-hybridized carbons (Fsp3) is 0.438. The Kier molecular flexibility index (Phi) is 4.58. The van der Waals surface area contributed by atoms with Gasteiger partial charge in [-0.1, -0.05) is 13.8 Å². The molecule has 1 aliphatic rings. The second-order valence-corrected chi connectivity index (χ2v) is 5.69. The van der Waals surface area contributed by atoms with Crippen LogP contribution in [0.4, 0.5) is 5.69 Å². The van der Waals surface area contributed by atoms with Crippen LogP contribution in [0, 0.1) is 5.92 Å². The number of methoxy groups -OCH3 is 1. The summed E-state index contributed by atoms with van der Waals surface area (Å²) in [4.78, 5) is 36.4. The number of aldehydes is 1.